The zero-order chi connectivity index (χ0) is 27.6. The number of para-hydroxylation sites is 4. The van der Waals surface area contributed by atoms with Crippen molar-refractivity contribution in [3.05, 3.63) is 152 Å². The molecule has 3 heterocycles. The monoisotopic (exact) mass is 535 g/mol. The Labute approximate surface area is 242 Å². The molecule has 3 heteroatoms. The van der Waals surface area contributed by atoms with Crippen molar-refractivity contribution in [3.63, 3.8) is 0 Å². The fraction of sp³-hybridized carbons (Fsp3) is 0. The molecule has 3 aromatic heterocycles. The smallest absolute Gasteiger partial charge is 0.0723 e. The van der Waals surface area contributed by atoms with Crippen molar-refractivity contribution in [3.8, 4) is 22.5 Å². The predicted octanol–water partition coefficient (Wildman–Crippen LogP) is 10.1. The second-order valence-corrected chi connectivity index (χ2v) is 10.9. The highest BCUT2D eigenvalue weighted by Gasteiger charge is 2.17. The normalized spacial score (nSPS) is 11.8. The van der Waals surface area contributed by atoms with Crippen LogP contribution in [0.2, 0.25) is 0 Å². The second kappa shape index (κ2) is 8.92. The molecule has 0 spiro atoms. The molecule has 196 valence electrons. The summed E-state index contributed by atoms with van der Waals surface area (Å²) in [5, 5.41) is 6.05. The van der Waals surface area contributed by atoms with Gasteiger partial charge in [-0.05, 0) is 65.7 Å². The molecule has 0 saturated carbocycles. The molecule has 42 heavy (non-hydrogen) atoms. The van der Waals surface area contributed by atoms with E-state index in [2.05, 4.69) is 155 Å². The molecule has 9 rings (SSSR count). The quantitative estimate of drug-likeness (QED) is 0.221. The number of aromatic nitrogens is 3. The van der Waals surface area contributed by atoms with Crippen LogP contribution in [0, 0.1) is 0 Å². The Morgan fingerprint density at radius 3 is 1.79 bits per heavy atom. The van der Waals surface area contributed by atoms with Gasteiger partial charge >= 0.3 is 0 Å². The average Bonchev–Trinajstić information content (AvgIpc) is 3.58. The molecular weight excluding hydrogens is 510 g/mol. The molecule has 0 saturated heterocycles. The SMILES string of the molecule is c1ccc(-n2c3ccccc3c3ccc(-c4ccc5c(c4)c4cnc6ccccc6c4n5-c4ccccc4)cc32)cc1. The molecule has 0 N–H and O–H groups in total. The van der Waals surface area contributed by atoms with Crippen LogP contribution in [0.25, 0.3) is 77.0 Å². The highest BCUT2D eigenvalue weighted by atomic mass is 15.0. The van der Waals surface area contributed by atoms with Gasteiger partial charge in [0.05, 0.1) is 27.6 Å². The van der Waals surface area contributed by atoms with Gasteiger partial charge in [-0.15, -0.1) is 0 Å². The highest BCUT2D eigenvalue weighted by molar-refractivity contribution is 6.18. The molecule has 0 aliphatic rings. The molecule has 6 aromatic carbocycles. The molecule has 0 atom stereocenters. The molecule has 0 unspecified atom stereocenters. The van der Waals surface area contributed by atoms with E-state index in [-0.39, 0.29) is 0 Å². The number of pyridine rings is 1. The van der Waals surface area contributed by atoms with E-state index in [1.807, 2.05) is 6.20 Å². The molecule has 0 aliphatic heterocycles. The summed E-state index contributed by atoms with van der Waals surface area (Å²) in [4.78, 5) is 4.86. The number of rotatable bonds is 3. The third kappa shape index (κ3) is 3.31. The average molecular weight is 536 g/mol. The first-order chi connectivity index (χ1) is 20.8. The topological polar surface area (TPSA) is 22.8 Å². The summed E-state index contributed by atoms with van der Waals surface area (Å²) >= 11 is 0. The second-order valence-electron chi connectivity index (χ2n) is 10.9. The van der Waals surface area contributed by atoms with E-state index in [9.17, 15) is 0 Å². The van der Waals surface area contributed by atoms with Crippen molar-refractivity contribution in [2.75, 3.05) is 0 Å². The van der Waals surface area contributed by atoms with Gasteiger partial charge in [0.15, 0.2) is 0 Å². The van der Waals surface area contributed by atoms with Crippen LogP contribution < -0.4 is 0 Å². The van der Waals surface area contributed by atoms with E-state index in [1.54, 1.807) is 0 Å². The van der Waals surface area contributed by atoms with Crippen LogP contribution in [0.15, 0.2) is 152 Å². The van der Waals surface area contributed by atoms with E-state index in [4.69, 9.17) is 4.98 Å². The Balaban J connectivity index is 1.33. The number of nitrogens with zero attached hydrogens (tertiary/aromatic N) is 3. The van der Waals surface area contributed by atoms with Crippen molar-refractivity contribution in [2.45, 2.75) is 0 Å². The maximum Gasteiger partial charge on any atom is 0.0723 e. The maximum atomic E-state index is 4.86. The van der Waals surface area contributed by atoms with Gasteiger partial charge in [0.1, 0.15) is 0 Å². The summed E-state index contributed by atoms with van der Waals surface area (Å²) in [6, 6.07) is 52.1. The number of hydrogen-bond donors (Lipinski definition) is 0. The van der Waals surface area contributed by atoms with Crippen LogP contribution in [0.1, 0.15) is 0 Å². The molecule has 0 radical (unpaired) electrons. The van der Waals surface area contributed by atoms with Crippen LogP contribution in [-0.2, 0) is 0 Å². The van der Waals surface area contributed by atoms with Gasteiger partial charge in [-0.2, -0.15) is 0 Å². The van der Waals surface area contributed by atoms with Crippen LogP contribution in [0.5, 0.6) is 0 Å². The summed E-state index contributed by atoms with van der Waals surface area (Å²) in [6.07, 6.45) is 2.04. The molecule has 0 fully saturated rings. The molecule has 0 amide bonds. The minimum Gasteiger partial charge on any atom is -0.309 e. The predicted molar refractivity (Wildman–Crippen MR) is 176 cm³/mol. The lowest BCUT2D eigenvalue weighted by atomic mass is 10.0. The summed E-state index contributed by atoms with van der Waals surface area (Å²) in [5.74, 6) is 0. The lowest BCUT2D eigenvalue weighted by Crippen LogP contribution is -1.94. The van der Waals surface area contributed by atoms with Gasteiger partial charge in [-0.25, -0.2) is 0 Å². The van der Waals surface area contributed by atoms with Crippen molar-refractivity contribution in [2.24, 2.45) is 0 Å². The van der Waals surface area contributed by atoms with E-state index in [0.717, 1.165) is 22.0 Å². The zero-order valence-corrected chi connectivity index (χ0v) is 22.8. The van der Waals surface area contributed by atoms with Crippen LogP contribution in [0.3, 0.4) is 0 Å². The molecule has 0 aliphatic carbocycles. The maximum absolute atomic E-state index is 4.86. The number of hydrogen-bond acceptors (Lipinski definition) is 1. The van der Waals surface area contributed by atoms with Gasteiger partial charge in [-0.3, -0.25) is 4.98 Å². The fourth-order valence-electron chi connectivity index (χ4n) is 6.66. The highest BCUT2D eigenvalue weighted by Crippen LogP contribution is 2.39. The lowest BCUT2D eigenvalue weighted by Gasteiger charge is -2.10. The zero-order valence-electron chi connectivity index (χ0n) is 22.8. The Kier molecular flexibility index (Phi) is 4.90. The van der Waals surface area contributed by atoms with Crippen molar-refractivity contribution < 1.29 is 0 Å². The third-order valence-corrected chi connectivity index (χ3v) is 8.53. The van der Waals surface area contributed by atoms with Crippen molar-refractivity contribution in [1.29, 1.82) is 0 Å². The van der Waals surface area contributed by atoms with E-state index in [0.29, 0.717) is 0 Å². The van der Waals surface area contributed by atoms with E-state index < -0.39 is 0 Å². The molecule has 3 nitrogen and oxygen atoms in total. The first-order valence-electron chi connectivity index (χ1n) is 14.3. The van der Waals surface area contributed by atoms with Crippen LogP contribution >= 0.6 is 0 Å². The lowest BCUT2D eigenvalue weighted by molar-refractivity contribution is 1.18. The van der Waals surface area contributed by atoms with Crippen molar-refractivity contribution >= 4 is 54.5 Å². The van der Waals surface area contributed by atoms with Crippen molar-refractivity contribution in [1.82, 2.24) is 14.1 Å². The van der Waals surface area contributed by atoms with Crippen LogP contribution in [-0.4, -0.2) is 14.1 Å². The van der Waals surface area contributed by atoms with E-state index in [1.165, 1.54) is 55.0 Å². The minimum absolute atomic E-state index is 1.00. The van der Waals surface area contributed by atoms with E-state index >= 15 is 0 Å². The summed E-state index contributed by atoms with van der Waals surface area (Å²) < 4.78 is 4.76. The van der Waals surface area contributed by atoms with Gasteiger partial charge in [0.25, 0.3) is 0 Å². The summed E-state index contributed by atoms with van der Waals surface area (Å²) in [7, 11) is 0. The number of fused-ring (bicyclic) bond motifs is 8. The van der Waals surface area contributed by atoms with Crippen LogP contribution in [0.4, 0.5) is 0 Å². The minimum atomic E-state index is 1.00. The summed E-state index contributed by atoms with van der Waals surface area (Å²) in [6.45, 7) is 0. The Morgan fingerprint density at radius 2 is 0.976 bits per heavy atom. The summed E-state index contributed by atoms with van der Waals surface area (Å²) in [5.41, 5.74) is 10.5. The standard InChI is InChI=1S/C39H25N3/c1-3-11-28(12-4-1)41-36-18-10-8-15-30(36)31-21-19-27(24-38(31)41)26-20-22-37-33(23-26)34-25-40-35-17-9-7-16-32(35)39(34)42(37)29-13-5-2-6-14-29/h1-25H. The first-order valence-corrected chi connectivity index (χ1v) is 14.3. The first kappa shape index (κ1) is 23.1. The fourth-order valence-corrected chi connectivity index (χ4v) is 6.66. The van der Waals surface area contributed by atoms with Gasteiger partial charge in [0.2, 0.25) is 0 Å². The van der Waals surface area contributed by atoms with Gasteiger partial charge in [0, 0.05) is 44.5 Å². The number of benzene rings is 6. The Morgan fingerprint density at radius 1 is 0.381 bits per heavy atom. The Bertz CT molecular complexity index is 2450. The molecule has 0 bridgehead atoms. The van der Waals surface area contributed by atoms with Gasteiger partial charge < -0.3 is 9.13 Å². The largest absolute Gasteiger partial charge is 0.309 e. The molecule has 9 aromatic rings. The van der Waals surface area contributed by atoms with Gasteiger partial charge in [-0.1, -0.05) is 91.0 Å². The third-order valence-electron chi connectivity index (χ3n) is 8.53. The Hall–Kier alpha value is -5.67. The molecular formula is C39H25N3.